The van der Waals surface area contributed by atoms with E-state index in [0.29, 0.717) is 5.75 Å². The summed E-state index contributed by atoms with van der Waals surface area (Å²) in [7, 11) is 0. The molecule has 0 aliphatic rings. The van der Waals surface area contributed by atoms with Crippen LogP contribution in [-0.2, 0) is 4.79 Å². The van der Waals surface area contributed by atoms with Crippen LogP contribution in [0.4, 0.5) is 0 Å². The summed E-state index contributed by atoms with van der Waals surface area (Å²) in [5.41, 5.74) is 4.39. The highest BCUT2D eigenvalue weighted by molar-refractivity contribution is 5.84. The van der Waals surface area contributed by atoms with Crippen LogP contribution in [0, 0.1) is 6.92 Å². The third-order valence-corrected chi connectivity index (χ3v) is 2.77. The molecule has 0 radical (unpaired) electrons. The van der Waals surface area contributed by atoms with Gasteiger partial charge in [0.25, 0.3) is 5.91 Å². The highest BCUT2D eigenvalue weighted by Crippen LogP contribution is 2.14. The quantitative estimate of drug-likeness (QED) is 0.676. The van der Waals surface area contributed by atoms with Crippen molar-refractivity contribution in [3.63, 3.8) is 0 Å². The number of rotatable bonds is 5. The Morgan fingerprint density at radius 1 is 1.33 bits per heavy atom. The topological polar surface area (TPSA) is 63.6 Å². The zero-order valence-electron chi connectivity index (χ0n) is 12.0. The zero-order valence-corrected chi connectivity index (χ0v) is 12.0. The van der Waals surface area contributed by atoms with Crippen LogP contribution in [0.3, 0.4) is 0 Å². The Kier molecular flexibility index (Phi) is 5.04. The fourth-order valence-electron chi connectivity index (χ4n) is 1.66. The molecule has 0 spiro atoms. The maximum absolute atomic E-state index is 11.9. The largest absolute Gasteiger partial charge is 0.481 e. The lowest BCUT2D eigenvalue weighted by atomic mass is 10.2. The zero-order chi connectivity index (χ0) is 15.1. The minimum Gasteiger partial charge on any atom is -0.481 e. The number of ether oxygens (including phenoxy) is 1. The number of hydrogen-bond acceptors (Lipinski definition) is 4. The van der Waals surface area contributed by atoms with Gasteiger partial charge < -0.3 is 4.74 Å². The maximum atomic E-state index is 11.9. The van der Waals surface area contributed by atoms with Crippen LogP contribution in [0.25, 0.3) is 0 Å². The fourth-order valence-corrected chi connectivity index (χ4v) is 1.66. The number of aryl methyl sites for hydroxylation is 1. The molecule has 0 aliphatic heterocycles. The van der Waals surface area contributed by atoms with E-state index < -0.39 is 6.10 Å². The standard InChI is InChI=1S/C16H17N3O2/c1-12-4-3-5-15(10-12)21-13(2)16(20)19-18-11-14-6-8-17-9-7-14/h3-11,13H,1-2H3,(H,19,20)/b18-11-/t13-/m1/s1. The highest BCUT2D eigenvalue weighted by atomic mass is 16.5. The number of pyridine rings is 1. The summed E-state index contributed by atoms with van der Waals surface area (Å²) in [5, 5.41) is 3.89. The summed E-state index contributed by atoms with van der Waals surface area (Å²) >= 11 is 0. The Balaban J connectivity index is 1.87. The van der Waals surface area contributed by atoms with Gasteiger partial charge in [-0.2, -0.15) is 5.10 Å². The van der Waals surface area contributed by atoms with Gasteiger partial charge in [-0.15, -0.1) is 0 Å². The minimum atomic E-state index is -0.624. The number of hydrazone groups is 1. The van der Waals surface area contributed by atoms with Crippen molar-refractivity contribution in [2.24, 2.45) is 5.10 Å². The highest BCUT2D eigenvalue weighted by Gasteiger charge is 2.13. The predicted molar refractivity (Wildman–Crippen MR) is 81.2 cm³/mol. The molecular formula is C16H17N3O2. The molecule has 0 bridgehead atoms. The average Bonchev–Trinajstić information content (AvgIpc) is 2.48. The van der Waals surface area contributed by atoms with Gasteiger partial charge in [0.2, 0.25) is 0 Å². The predicted octanol–water partition coefficient (Wildman–Crippen LogP) is 2.31. The van der Waals surface area contributed by atoms with Crippen molar-refractivity contribution in [1.82, 2.24) is 10.4 Å². The number of amides is 1. The summed E-state index contributed by atoms with van der Waals surface area (Å²) in [6, 6.07) is 11.1. The molecule has 1 aromatic carbocycles. The molecule has 21 heavy (non-hydrogen) atoms. The van der Waals surface area contributed by atoms with E-state index in [1.165, 1.54) is 0 Å². The Labute approximate surface area is 123 Å². The normalized spacial score (nSPS) is 12.1. The van der Waals surface area contributed by atoms with Crippen molar-refractivity contribution in [2.45, 2.75) is 20.0 Å². The van der Waals surface area contributed by atoms with Crippen LogP contribution >= 0.6 is 0 Å². The summed E-state index contributed by atoms with van der Waals surface area (Å²) in [5.74, 6) is 0.359. The fraction of sp³-hybridized carbons (Fsp3) is 0.188. The molecule has 5 heteroatoms. The van der Waals surface area contributed by atoms with E-state index in [2.05, 4.69) is 15.5 Å². The van der Waals surface area contributed by atoms with E-state index in [1.54, 1.807) is 37.7 Å². The number of aromatic nitrogens is 1. The Morgan fingerprint density at radius 3 is 2.81 bits per heavy atom. The lowest BCUT2D eigenvalue weighted by molar-refractivity contribution is -0.127. The second-order valence-electron chi connectivity index (χ2n) is 4.59. The molecule has 1 amide bonds. The molecule has 1 N–H and O–H groups in total. The third-order valence-electron chi connectivity index (χ3n) is 2.77. The van der Waals surface area contributed by atoms with Crippen LogP contribution in [-0.4, -0.2) is 23.2 Å². The Hall–Kier alpha value is -2.69. The molecule has 1 aromatic heterocycles. The Bertz CT molecular complexity index is 626. The summed E-state index contributed by atoms with van der Waals surface area (Å²) < 4.78 is 5.56. The second-order valence-corrected chi connectivity index (χ2v) is 4.59. The lowest BCUT2D eigenvalue weighted by Gasteiger charge is -2.13. The molecule has 1 atom stereocenters. The molecular weight excluding hydrogens is 266 g/mol. The van der Waals surface area contributed by atoms with Crippen molar-refractivity contribution in [3.8, 4) is 5.75 Å². The summed E-state index contributed by atoms with van der Waals surface area (Å²) in [6.45, 7) is 3.65. The van der Waals surface area contributed by atoms with E-state index in [9.17, 15) is 4.79 Å². The van der Waals surface area contributed by atoms with Gasteiger partial charge in [-0.1, -0.05) is 12.1 Å². The monoisotopic (exact) mass is 283 g/mol. The molecule has 1 heterocycles. The van der Waals surface area contributed by atoms with Crippen LogP contribution < -0.4 is 10.2 Å². The summed E-state index contributed by atoms with van der Waals surface area (Å²) in [4.78, 5) is 15.8. The van der Waals surface area contributed by atoms with Gasteiger partial charge in [0.15, 0.2) is 6.10 Å². The third kappa shape index (κ3) is 4.72. The molecule has 0 saturated carbocycles. The van der Waals surface area contributed by atoms with E-state index in [4.69, 9.17) is 4.74 Å². The Morgan fingerprint density at radius 2 is 2.10 bits per heavy atom. The molecule has 5 nitrogen and oxygen atoms in total. The van der Waals surface area contributed by atoms with E-state index in [0.717, 1.165) is 11.1 Å². The van der Waals surface area contributed by atoms with Gasteiger partial charge in [0.05, 0.1) is 6.21 Å². The minimum absolute atomic E-state index is 0.304. The van der Waals surface area contributed by atoms with Crippen molar-refractivity contribution in [3.05, 3.63) is 59.9 Å². The van der Waals surface area contributed by atoms with Crippen molar-refractivity contribution in [1.29, 1.82) is 0 Å². The number of nitrogens with one attached hydrogen (secondary N) is 1. The number of carbonyl (C=O) groups is 1. The van der Waals surface area contributed by atoms with Crippen molar-refractivity contribution >= 4 is 12.1 Å². The number of nitrogens with zero attached hydrogens (tertiary/aromatic N) is 2. The molecule has 0 aliphatic carbocycles. The molecule has 0 saturated heterocycles. The first-order chi connectivity index (χ1) is 10.1. The van der Waals surface area contributed by atoms with Crippen molar-refractivity contribution < 1.29 is 9.53 Å². The first-order valence-electron chi connectivity index (χ1n) is 6.61. The van der Waals surface area contributed by atoms with Gasteiger partial charge in [-0.05, 0) is 49.2 Å². The summed E-state index contributed by atoms with van der Waals surface area (Å²) in [6.07, 6.45) is 4.25. The lowest BCUT2D eigenvalue weighted by Crippen LogP contribution is -2.33. The van der Waals surface area contributed by atoms with Gasteiger partial charge >= 0.3 is 0 Å². The van der Waals surface area contributed by atoms with E-state index in [-0.39, 0.29) is 5.91 Å². The van der Waals surface area contributed by atoms with Gasteiger partial charge in [-0.3, -0.25) is 9.78 Å². The van der Waals surface area contributed by atoms with E-state index >= 15 is 0 Å². The van der Waals surface area contributed by atoms with Crippen LogP contribution in [0.1, 0.15) is 18.1 Å². The number of carbonyl (C=O) groups excluding carboxylic acids is 1. The van der Waals surface area contributed by atoms with Crippen LogP contribution in [0.2, 0.25) is 0 Å². The van der Waals surface area contributed by atoms with Gasteiger partial charge in [0.1, 0.15) is 5.75 Å². The molecule has 2 rings (SSSR count). The van der Waals surface area contributed by atoms with Gasteiger partial charge in [-0.25, -0.2) is 5.43 Å². The molecule has 0 fully saturated rings. The number of benzene rings is 1. The van der Waals surface area contributed by atoms with Gasteiger partial charge in [0, 0.05) is 12.4 Å². The van der Waals surface area contributed by atoms with Crippen LogP contribution in [0.5, 0.6) is 5.75 Å². The number of hydrogen-bond donors (Lipinski definition) is 1. The molecule has 108 valence electrons. The maximum Gasteiger partial charge on any atom is 0.280 e. The smallest absolute Gasteiger partial charge is 0.280 e. The average molecular weight is 283 g/mol. The molecule has 2 aromatic rings. The van der Waals surface area contributed by atoms with Crippen LogP contribution in [0.15, 0.2) is 53.9 Å². The van der Waals surface area contributed by atoms with Crippen molar-refractivity contribution in [2.75, 3.05) is 0 Å². The van der Waals surface area contributed by atoms with E-state index in [1.807, 2.05) is 31.2 Å². The second kappa shape index (κ2) is 7.19. The molecule has 0 unspecified atom stereocenters. The first kappa shape index (κ1) is 14.7. The SMILES string of the molecule is Cc1cccc(O[C@H](C)C(=O)N/N=C\c2ccncc2)c1. The first-order valence-corrected chi connectivity index (χ1v) is 6.61.